The molecule has 1 amide bonds. The molecule has 0 radical (unpaired) electrons. The number of hydrogen-bond acceptors (Lipinski definition) is 3. The fraction of sp³-hybridized carbons (Fsp3) is 0.308. The van der Waals surface area contributed by atoms with Crippen molar-refractivity contribution in [3.8, 4) is 16.9 Å². The fourth-order valence-electron chi connectivity index (χ4n) is 4.95. The van der Waals surface area contributed by atoms with Crippen LogP contribution in [0.15, 0.2) is 79.1 Å². The molecule has 3 heterocycles. The Balaban J connectivity index is 1.22. The van der Waals surface area contributed by atoms with Crippen LogP contribution in [0.3, 0.4) is 0 Å². The van der Waals surface area contributed by atoms with E-state index in [1.54, 1.807) is 12.4 Å². The SMILES string of the molecule is O=C(Cc1ccc(-c2ccccc2)cc1)N1C2CCC1CC(Oc1ccncc1)C2. The van der Waals surface area contributed by atoms with Gasteiger partial charge in [0.15, 0.2) is 0 Å². The first-order chi connectivity index (χ1) is 14.8. The summed E-state index contributed by atoms with van der Waals surface area (Å²) in [6.45, 7) is 0. The summed E-state index contributed by atoms with van der Waals surface area (Å²) in [7, 11) is 0. The number of ether oxygens (including phenoxy) is 1. The van der Waals surface area contributed by atoms with Crippen LogP contribution in [0.25, 0.3) is 11.1 Å². The normalized spacial score (nSPS) is 22.7. The van der Waals surface area contributed by atoms with E-state index in [0.717, 1.165) is 37.0 Å². The average Bonchev–Trinajstić information content (AvgIpc) is 3.06. The summed E-state index contributed by atoms with van der Waals surface area (Å²) in [6, 6.07) is 23.1. The third-order valence-electron chi connectivity index (χ3n) is 6.35. The van der Waals surface area contributed by atoms with Crippen molar-refractivity contribution in [2.24, 2.45) is 0 Å². The molecule has 4 nitrogen and oxygen atoms in total. The van der Waals surface area contributed by atoms with Gasteiger partial charge in [-0.05, 0) is 41.7 Å². The van der Waals surface area contributed by atoms with Crippen LogP contribution in [-0.4, -0.2) is 34.0 Å². The van der Waals surface area contributed by atoms with Crippen molar-refractivity contribution in [3.05, 3.63) is 84.7 Å². The molecular weight excluding hydrogens is 372 g/mol. The maximum Gasteiger partial charge on any atom is 0.227 e. The number of hydrogen-bond donors (Lipinski definition) is 0. The van der Waals surface area contributed by atoms with Gasteiger partial charge in [0.2, 0.25) is 5.91 Å². The van der Waals surface area contributed by atoms with Crippen LogP contribution in [0.5, 0.6) is 5.75 Å². The molecule has 2 unspecified atom stereocenters. The van der Waals surface area contributed by atoms with Crippen molar-refractivity contribution in [2.45, 2.75) is 50.3 Å². The molecule has 2 saturated heterocycles. The number of carbonyl (C=O) groups excluding carboxylic acids is 1. The quantitative estimate of drug-likeness (QED) is 0.614. The molecule has 1 aromatic heterocycles. The zero-order chi connectivity index (χ0) is 20.3. The predicted octanol–water partition coefficient (Wildman–Crippen LogP) is 4.89. The monoisotopic (exact) mass is 398 g/mol. The Morgan fingerprint density at radius 2 is 1.50 bits per heavy atom. The van der Waals surface area contributed by atoms with Crippen molar-refractivity contribution in [3.63, 3.8) is 0 Å². The van der Waals surface area contributed by atoms with Gasteiger partial charge >= 0.3 is 0 Å². The number of fused-ring (bicyclic) bond motifs is 2. The Morgan fingerprint density at radius 1 is 0.867 bits per heavy atom. The highest BCUT2D eigenvalue weighted by Gasteiger charge is 2.43. The molecule has 5 rings (SSSR count). The van der Waals surface area contributed by atoms with E-state index in [1.807, 2.05) is 30.3 Å². The Labute approximate surface area is 177 Å². The van der Waals surface area contributed by atoms with Crippen LogP contribution in [0.2, 0.25) is 0 Å². The number of piperidine rings is 1. The van der Waals surface area contributed by atoms with Gasteiger partial charge in [0, 0.05) is 37.3 Å². The minimum absolute atomic E-state index is 0.180. The lowest BCUT2D eigenvalue weighted by Crippen LogP contribution is -2.49. The van der Waals surface area contributed by atoms with Gasteiger partial charge in [-0.2, -0.15) is 0 Å². The first kappa shape index (κ1) is 18.9. The predicted molar refractivity (Wildman–Crippen MR) is 117 cm³/mol. The van der Waals surface area contributed by atoms with E-state index in [1.165, 1.54) is 11.1 Å². The summed E-state index contributed by atoms with van der Waals surface area (Å²) < 4.78 is 6.16. The molecule has 2 aliphatic heterocycles. The summed E-state index contributed by atoms with van der Waals surface area (Å²) in [5.41, 5.74) is 3.46. The van der Waals surface area contributed by atoms with E-state index in [0.29, 0.717) is 18.5 Å². The number of pyridine rings is 1. The third kappa shape index (κ3) is 3.95. The van der Waals surface area contributed by atoms with Crippen LogP contribution < -0.4 is 4.74 Å². The minimum Gasteiger partial charge on any atom is -0.490 e. The number of aromatic nitrogens is 1. The van der Waals surface area contributed by atoms with E-state index in [2.05, 4.69) is 46.3 Å². The lowest BCUT2D eigenvalue weighted by Gasteiger charge is -2.39. The Kier molecular flexibility index (Phi) is 5.22. The maximum absolute atomic E-state index is 13.1. The number of benzene rings is 2. The molecule has 0 spiro atoms. The molecule has 2 aliphatic rings. The van der Waals surface area contributed by atoms with E-state index in [4.69, 9.17) is 4.74 Å². The number of rotatable bonds is 5. The standard InChI is InChI=1S/C26H26N2O2/c29-26(16-19-6-8-21(9-7-19)20-4-2-1-3-5-20)28-22-10-11-23(28)18-25(17-22)30-24-12-14-27-15-13-24/h1-9,12-15,22-23,25H,10-11,16-18H2. The van der Waals surface area contributed by atoms with Gasteiger partial charge in [0.1, 0.15) is 11.9 Å². The first-order valence-electron chi connectivity index (χ1n) is 10.8. The molecule has 0 N–H and O–H groups in total. The second-order valence-corrected chi connectivity index (χ2v) is 8.32. The van der Waals surface area contributed by atoms with Gasteiger partial charge in [0.05, 0.1) is 6.42 Å². The van der Waals surface area contributed by atoms with Gasteiger partial charge in [-0.1, -0.05) is 54.6 Å². The molecule has 3 aromatic rings. The van der Waals surface area contributed by atoms with E-state index in [-0.39, 0.29) is 12.0 Å². The molecule has 2 aromatic carbocycles. The van der Waals surface area contributed by atoms with Gasteiger partial charge in [-0.15, -0.1) is 0 Å². The van der Waals surface area contributed by atoms with E-state index in [9.17, 15) is 4.79 Å². The smallest absolute Gasteiger partial charge is 0.227 e. The molecule has 2 atom stereocenters. The maximum atomic E-state index is 13.1. The van der Waals surface area contributed by atoms with E-state index >= 15 is 0 Å². The van der Waals surface area contributed by atoms with Crippen molar-refractivity contribution in [2.75, 3.05) is 0 Å². The molecule has 0 saturated carbocycles. The highest BCUT2D eigenvalue weighted by atomic mass is 16.5. The molecule has 2 bridgehead atoms. The van der Waals surface area contributed by atoms with Gasteiger partial charge in [-0.3, -0.25) is 9.78 Å². The average molecular weight is 399 g/mol. The molecular formula is C26H26N2O2. The Bertz CT molecular complexity index is 975. The molecule has 152 valence electrons. The topological polar surface area (TPSA) is 42.4 Å². The molecule has 2 fully saturated rings. The molecule has 30 heavy (non-hydrogen) atoms. The highest BCUT2D eigenvalue weighted by molar-refractivity contribution is 5.80. The summed E-state index contributed by atoms with van der Waals surface area (Å²) in [5, 5.41) is 0. The Morgan fingerprint density at radius 3 is 2.17 bits per heavy atom. The van der Waals surface area contributed by atoms with Crippen LogP contribution in [0.4, 0.5) is 0 Å². The Hall–Kier alpha value is -3.14. The van der Waals surface area contributed by atoms with Gasteiger partial charge < -0.3 is 9.64 Å². The summed E-state index contributed by atoms with van der Waals surface area (Å²) >= 11 is 0. The lowest BCUT2D eigenvalue weighted by atomic mass is 9.98. The van der Waals surface area contributed by atoms with E-state index < -0.39 is 0 Å². The molecule has 0 aliphatic carbocycles. The number of amides is 1. The van der Waals surface area contributed by atoms with Crippen molar-refractivity contribution >= 4 is 5.91 Å². The summed E-state index contributed by atoms with van der Waals surface area (Å²) in [4.78, 5) is 19.3. The summed E-state index contributed by atoms with van der Waals surface area (Å²) in [5.74, 6) is 1.12. The van der Waals surface area contributed by atoms with Crippen molar-refractivity contribution in [1.29, 1.82) is 0 Å². The van der Waals surface area contributed by atoms with Gasteiger partial charge in [-0.25, -0.2) is 0 Å². The lowest BCUT2D eigenvalue weighted by molar-refractivity contribution is -0.136. The molecule has 4 heteroatoms. The zero-order valence-corrected chi connectivity index (χ0v) is 17.0. The summed E-state index contributed by atoms with van der Waals surface area (Å²) in [6.07, 6.45) is 8.16. The van der Waals surface area contributed by atoms with Crippen LogP contribution in [-0.2, 0) is 11.2 Å². The van der Waals surface area contributed by atoms with Gasteiger partial charge in [0.25, 0.3) is 0 Å². The fourth-order valence-corrected chi connectivity index (χ4v) is 4.95. The highest BCUT2D eigenvalue weighted by Crippen LogP contribution is 2.37. The zero-order valence-electron chi connectivity index (χ0n) is 17.0. The van der Waals surface area contributed by atoms with Crippen molar-refractivity contribution < 1.29 is 9.53 Å². The van der Waals surface area contributed by atoms with Crippen LogP contribution in [0.1, 0.15) is 31.2 Å². The second kappa shape index (κ2) is 8.31. The number of carbonyl (C=O) groups is 1. The first-order valence-corrected chi connectivity index (χ1v) is 10.8. The second-order valence-electron chi connectivity index (χ2n) is 8.32. The largest absolute Gasteiger partial charge is 0.490 e. The third-order valence-corrected chi connectivity index (χ3v) is 6.35. The minimum atomic E-state index is 0.180. The van der Waals surface area contributed by atoms with Crippen LogP contribution in [0, 0.1) is 0 Å². The van der Waals surface area contributed by atoms with Crippen molar-refractivity contribution in [1.82, 2.24) is 9.88 Å². The van der Waals surface area contributed by atoms with Crippen LogP contribution >= 0.6 is 0 Å². The number of nitrogens with zero attached hydrogens (tertiary/aromatic N) is 2.